The lowest BCUT2D eigenvalue weighted by Crippen LogP contribution is -2.49. The lowest BCUT2D eigenvalue weighted by Gasteiger charge is -2.38. The van der Waals surface area contributed by atoms with Gasteiger partial charge in [0.2, 0.25) is 11.8 Å². The van der Waals surface area contributed by atoms with Crippen molar-refractivity contribution in [3.63, 3.8) is 0 Å². The van der Waals surface area contributed by atoms with Crippen LogP contribution in [0.2, 0.25) is 0 Å². The van der Waals surface area contributed by atoms with Crippen molar-refractivity contribution in [2.24, 2.45) is 0 Å². The molecule has 6 heteroatoms. The third-order valence-corrected chi connectivity index (χ3v) is 6.93. The van der Waals surface area contributed by atoms with Crippen LogP contribution in [0.15, 0.2) is 35.7 Å². The molecule has 1 aliphatic heterocycles. The molecule has 3 rings (SSSR count). The van der Waals surface area contributed by atoms with Gasteiger partial charge >= 0.3 is 0 Å². The van der Waals surface area contributed by atoms with Crippen molar-refractivity contribution in [3.8, 4) is 5.75 Å². The third kappa shape index (κ3) is 4.69. The van der Waals surface area contributed by atoms with Crippen molar-refractivity contribution >= 4 is 23.2 Å². The predicted molar refractivity (Wildman–Crippen MR) is 121 cm³/mol. The van der Waals surface area contributed by atoms with Gasteiger partial charge in [-0.3, -0.25) is 9.59 Å². The molecule has 0 bridgehead atoms. The molecule has 1 aliphatic rings. The maximum Gasteiger partial charge on any atom is 0.243 e. The van der Waals surface area contributed by atoms with Gasteiger partial charge in [0.25, 0.3) is 0 Å². The Bertz CT molecular complexity index is 862. The van der Waals surface area contributed by atoms with Gasteiger partial charge in [0.1, 0.15) is 12.3 Å². The molecule has 0 aliphatic carbocycles. The molecule has 2 atom stereocenters. The summed E-state index contributed by atoms with van der Waals surface area (Å²) in [5.41, 5.74) is 2.26. The summed E-state index contributed by atoms with van der Waals surface area (Å²) in [4.78, 5) is 31.2. The summed E-state index contributed by atoms with van der Waals surface area (Å²) in [6.45, 7) is 6.88. The Labute approximate surface area is 183 Å². The fourth-order valence-corrected chi connectivity index (χ4v) is 4.94. The molecule has 1 aromatic carbocycles. The summed E-state index contributed by atoms with van der Waals surface area (Å²) in [6.07, 6.45) is 2.96. The van der Waals surface area contributed by atoms with Gasteiger partial charge in [-0.05, 0) is 60.9 Å². The summed E-state index contributed by atoms with van der Waals surface area (Å²) in [5.74, 6) is 0.873. The smallest absolute Gasteiger partial charge is 0.243 e. The van der Waals surface area contributed by atoms with Crippen LogP contribution >= 0.6 is 11.3 Å². The Kier molecular flexibility index (Phi) is 7.53. The monoisotopic (exact) mass is 428 g/mol. The summed E-state index contributed by atoms with van der Waals surface area (Å²) >= 11 is 1.75. The Morgan fingerprint density at radius 1 is 1.23 bits per heavy atom. The van der Waals surface area contributed by atoms with Crippen LogP contribution in [-0.2, 0) is 16.0 Å². The molecule has 1 aromatic heterocycles. The first-order chi connectivity index (χ1) is 14.5. The topological polar surface area (TPSA) is 49.9 Å². The maximum absolute atomic E-state index is 13.5. The van der Waals surface area contributed by atoms with Crippen LogP contribution in [0.1, 0.15) is 62.1 Å². The van der Waals surface area contributed by atoms with E-state index in [0.717, 1.165) is 30.6 Å². The molecule has 5 nitrogen and oxygen atoms in total. The zero-order chi connectivity index (χ0) is 21.7. The Balaban J connectivity index is 1.89. The molecular weight excluding hydrogens is 396 g/mol. The van der Waals surface area contributed by atoms with E-state index in [4.69, 9.17) is 4.74 Å². The molecule has 30 heavy (non-hydrogen) atoms. The van der Waals surface area contributed by atoms with Crippen molar-refractivity contribution in [3.05, 3.63) is 51.7 Å². The van der Waals surface area contributed by atoms with Gasteiger partial charge in [-0.2, -0.15) is 0 Å². The van der Waals surface area contributed by atoms with Gasteiger partial charge in [-0.1, -0.05) is 26.0 Å². The summed E-state index contributed by atoms with van der Waals surface area (Å²) in [5, 5.41) is 2.10. The van der Waals surface area contributed by atoms with Gasteiger partial charge in [0, 0.05) is 23.9 Å². The minimum absolute atomic E-state index is 0.0115. The highest BCUT2D eigenvalue weighted by Crippen LogP contribution is 2.38. The van der Waals surface area contributed by atoms with Gasteiger partial charge in [0.05, 0.1) is 13.2 Å². The first kappa shape index (κ1) is 22.3. The number of methoxy groups -OCH3 is 1. The summed E-state index contributed by atoms with van der Waals surface area (Å²) < 4.78 is 5.30. The molecule has 0 radical (unpaired) electrons. The molecule has 0 spiro atoms. The molecule has 2 aromatic rings. The number of benzene rings is 1. The second kappa shape index (κ2) is 10.1. The molecule has 0 saturated carbocycles. The van der Waals surface area contributed by atoms with Crippen LogP contribution in [0.25, 0.3) is 0 Å². The van der Waals surface area contributed by atoms with Gasteiger partial charge in [-0.25, -0.2) is 0 Å². The molecule has 2 heterocycles. The van der Waals surface area contributed by atoms with Crippen molar-refractivity contribution < 1.29 is 14.3 Å². The molecule has 0 unspecified atom stereocenters. The summed E-state index contributed by atoms with van der Waals surface area (Å²) in [7, 11) is 1.65. The number of carbonyl (C=O) groups excluding carboxylic acids is 2. The van der Waals surface area contributed by atoms with E-state index in [-0.39, 0.29) is 30.4 Å². The number of carbonyl (C=O) groups is 2. The highest BCUT2D eigenvalue weighted by molar-refractivity contribution is 7.10. The quantitative estimate of drug-likeness (QED) is 0.615. The van der Waals surface area contributed by atoms with Crippen molar-refractivity contribution in [2.75, 3.05) is 20.2 Å². The molecule has 0 fully saturated rings. The van der Waals surface area contributed by atoms with Crippen LogP contribution in [0.4, 0.5) is 0 Å². The number of hydrogen-bond donors (Lipinski definition) is 0. The minimum atomic E-state index is -0.126. The maximum atomic E-state index is 13.5. The van der Waals surface area contributed by atoms with E-state index < -0.39 is 0 Å². The van der Waals surface area contributed by atoms with E-state index in [2.05, 4.69) is 18.4 Å². The normalized spacial score (nSPS) is 16.7. The zero-order valence-electron chi connectivity index (χ0n) is 18.4. The van der Waals surface area contributed by atoms with E-state index in [1.54, 1.807) is 23.3 Å². The molecule has 0 saturated heterocycles. The number of fused-ring (bicyclic) bond motifs is 1. The summed E-state index contributed by atoms with van der Waals surface area (Å²) in [6, 6.07) is 10.00. The molecule has 2 amide bonds. The average Bonchev–Trinajstić information content (AvgIpc) is 3.25. The number of hydrogen-bond acceptors (Lipinski definition) is 4. The zero-order valence-corrected chi connectivity index (χ0v) is 19.2. The molecule has 162 valence electrons. The number of amides is 2. The van der Waals surface area contributed by atoms with Crippen LogP contribution < -0.4 is 4.74 Å². The fourth-order valence-electron chi connectivity index (χ4n) is 4.03. The van der Waals surface area contributed by atoms with Crippen LogP contribution in [0, 0.1) is 0 Å². The second-order valence-corrected chi connectivity index (χ2v) is 8.84. The Morgan fingerprint density at radius 2 is 1.97 bits per heavy atom. The van der Waals surface area contributed by atoms with E-state index in [1.807, 2.05) is 43.0 Å². The van der Waals surface area contributed by atoms with Crippen LogP contribution in [-0.4, -0.2) is 47.9 Å². The van der Waals surface area contributed by atoms with Crippen molar-refractivity contribution in [2.45, 2.75) is 58.5 Å². The standard InChI is InChI=1S/C24H32N2O3S/c1-5-7-22(27)26(17(3)6-2)16-23(28)25-14-12-21-20(13-15-30-21)24(25)18-8-10-19(29-4)11-9-18/h8-11,13,15,17,24H,5-7,12,14,16H2,1-4H3/t17-,24-/m0/s1. The van der Waals surface area contributed by atoms with Gasteiger partial charge < -0.3 is 14.5 Å². The van der Waals surface area contributed by atoms with E-state index in [1.165, 1.54) is 10.4 Å². The molecule has 0 N–H and O–H groups in total. The number of rotatable bonds is 8. The first-order valence-electron chi connectivity index (χ1n) is 10.8. The lowest BCUT2D eigenvalue weighted by molar-refractivity contribution is -0.143. The largest absolute Gasteiger partial charge is 0.497 e. The number of nitrogens with zero attached hydrogens (tertiary/aromatic N) is 2. The highest BCUT2D eigenvalue weighted by Gasteiger charge is 2.34. The van der Waals surface area contributed by atoms with Crippen molar-refractivity contribution in [1.29, 1.82) is 0 Å². The van der Waals surface area contributed by atoms with Crippen LogP contribution in [0.3, 0.4) is 0 Å². The predicted octanol–water partition coefficient (Wildman–Crippen LogP) is 4.66. The average molecular weight is 429 g/mol. The minimum Gasteiger partial charge on any atom is -0.497 e. The number of thiophene rings is 1. The number of ether oxygens (including phenoxy) is 1. The van der Waals surface area contributed by atoms with E-state index in [0.29, 0.717) is 13.0 Å². The third-order valence-electron chi connectivity index (χ3n) is 5.93. The van der Waals surface area contributed by atoms with Gasteiger partial charge in [0.15, 0.2) is 0 Å². The molecular formula is C24H32N2O3S. The Morgan fingerprint density at radius 3 is 2.60 bits per heavy atom. The van der Waals surface area contributed by atoms with E-state index in [9.17, 15) is 9.59 Å². The van der Waals surface area contributed by atoms with E-state index >= 15 is 0 Å². The highest BCUT2D eigenvalue weighted by atomic mass is 32.1. The first-order valence-corrected chi connectivity index (χ1v) is 11.7. The lowest BCUT2D eigenvalue weighted by atomic mass is 9.93. The van der Waals surface area contributed by atoms with Crippen LogP contribution in [0.5, 0.6) is 5.75 Å². The second-order valence-electron chi connectivity index (χ2n) is 7.84. The fraction of sp³-hybridized carbons (Fsp3) is 0.500. The van der Waals surface area contributed by atoms with Crippen molar-refractivity contribution in [1.82, 2.24) is 9.80 Å². The Hall–Kier alpha value is -2.34. The van der Waals surface area contributed by atoms with Gasteiger partial charge in [-0.15, -0.1) is 11.3 Å². The SMILES string of the molecule is CCCC(=O)N(CC(=O)N1CCc2sccc2[C@@H]1c1ccc(OC)cc1)[C@@H](C)CC.